The van der Waals surface area contributed by atoms with Crippen LogP contribution in [0.15, 0.2) is 63.6 Å². The van der Waals surface area contributed by atoms with Crippen LogP contribution >= 0.6 is 23.1 Å². The van der Waals surface area contributed by atoms with Gasteiger partial charge in [-0.3, -0.25) is 0 Å². The van der Waals surface area contributed by atoms with Gasteiger partial charge in [0.25, 0.3) is 0 Å². The lowest BCUT2D eigenvalue weighted by Gasteiger charge is -2.01. The van der Waals surface area contributed by atoms with Crippen LogP contribution in [-0.4, -0.2) is 22.3 Å². The molecular weight excluding hydrogens is 392 g/mol. The molecule has 0 spiro atoms. The summed E-state index contributed by atoms with van der Waals surface area (Å²) in [7, 11) is 1.64. The highest BCUT2D eigenvalue weighted by molar-refractivity contribution is 8.00. The molecule has 4 aromatic rings. The molecule has 2 heterocycles. The Balaban J connectivity index is 1.35. The van der Waals surface area contributed by atoms with E-state index in [1.54, 1.807) is 25.1 Å². The smallest absolute Gasteiger partial charge is 0.226 e. The average Bonchev–Trinajstić information content (AvgIpc) is 3.38. The molecule has 0 saturated carbocycles. The second kappa shape index (κ2) is 8.45. The Kier molecular flexibility index (Phi) is 5.59. The summed E-state index contributed by atoms with van der Waals surface area (Å²) >= 11 is 3.10. The Bertz CT molecular complexity index is 1040. The van der Waals surface area contributed by atoms with Gasteiger partial charge < -0.3 is 14.5 Å². The molecule has 0 aliphatic rings. The van der Waals surface area contributed by atoms with Crippen molar-refractivity contribution < 1.29 is 9.15 Å². The summed E-state index contributed by atoms with van der Waals surface area (Å²) in [4.78, 5) is 4.55. The Morgan fingerprint density at radius 2 is 1.86 bits per heavy atom. The Hall–Kier alpha value is -2.84. The first-order chi connectivity index (χ1) is 13.7. The van der Waals surface area contributed by atoms with Gasteiger partial charge in [-0.05, 0) is 43.3 Å². The van der Waals surface area contributed by atoms with E-state index in [1.807, 2.05) is 36.4 Å². The van der Waals surface area contributed by atoms with Crippen molar-refractivity contribution in [2.24, 2.45) is 0 Å². The molecule has 0 aliphatic heterocycles. The summed E-state index contributed by atoms with van der Waals surface area (Å²) < 4.78 is 11.6. The number of hydrogen-bond acceptors (Lipinski definition) is 8. The van der Waals surface area contributed by atoms with E-state index in [-0.39, 0.29) is 0 Å². The zero-order chi connectivity index (χ0) is 19.3. The molecule has 0 amide bonds. The number of aryl methyl sites for hydroxylation is 1. The van der Waals surface area contributed by atoms with Crippen LogP contribution in [0.5, 0.6) is 5.75 Å². The molecule has 8 heteroatoms. The lowest BCUT2D eigenvalue weighted by molar-refractivity contribution is 0.415. The number of ether oxygens (including phenoxy) is 1. The summed E-state index contributed by atoms with van der Waals surface area (Å²) in [6, 6.07) is 15.8. The van der Waals surface area contributed by atoms with Crippen LogP contribution in [0, 0.1) is 6.92 Å². The molecule has 0 atom stereocenters. The van der Waals surface area contributed by atoms with Gasteiger partial charge in [-0.2, -0.15) is 0 Å². The summed E-state index contributed by atoms with van der Waals surface area (Å²) in [6.45, 7) is 2.06. The minimum Gasteiger partial charge on any atom is -0.497 e. The number of anilines is 2. The van der Waals surface area contributed by atoms with Crippen LogP contribution in [0.4, 0.5) is 10.8 Å². The highest BCUT2D eigenvalue weighted by Gasteiger charge is 2.10. The van der Waals surface area contributed by atoms with Gasteiger partial charge in [0.1, 0.15) is 12.0 Å². The number of aromatic nitrogens is 3. The van der Waals surface area contributed by atoms with Gasteiger partial charge in [-0.15, -0.1) is 10.2 Å². The number of benzene rings is 2. The standard InChI is InChI=1S/C20H18N4O2S2/c1-13-3-7-15(8-4-13)22-19-23-24-20(28-19)27-12-16-11-26-18(21-16)14-5-9-17(25-2)10-6-14/h3-11H,12H2,1-2H3,(H,22,23). The van der Waals surface area contributed by atoms with Crippen molar-refractivity contribution in [2.75, 3.05) is 12.4 Å². The normalized spacial score (nSPS) is 10.8. The molecule has 0 radical (unpaired) electrons. The van der Waals surface area contributed by atoms with Crippen molar-refractivity contribution in [3.8, 4) is 17.2 Å². The van der Waals surface area contributed by atoms with Crippen LogP contribution in [0.1, 0.15) is 11.3 Å². The van der Waals surface area contributed by atoms with E-state index in [2.05, 4.69) is 39.6 Å². The summed E-state index contributed by atoms with van der Waals surface area (Å²) in [5.41, 5.74) is 4.00. The molecule has 0 saturated heterocycles. The van der Waals surface area contributed by atoms with Gasteiger partial charge in [0, 0.05) is 17.0 Å². The molecule has 0 unspecified atom stereocenters. The zero-order valence-corrected chi connectivity index (χ0v) is 17.0. The fraction of sp³-hybridized carbons (Fsp3) is 0.150. The fourth-order valence-corrected chi connectivity index (χ4v) is 4.10. The van der Waals surface area contributed by atoms with Gasteiger partial charge in [-0.1, -0.05) is 40.8 Å². The summed E-state index contributed by atoms with van der Waals surface area (Å²) in [6.07, 6.45) is 1.68. The zero-order valence-electron chi connectivity index (χ0n) is 15.4. The van der Waals surface area contributed by atoms with Gasteiger partial charge in [0.2, 0.25) is 11.0 Å². The van der Waals surface area contributed by atoms with E-state index in [0.29, 0.717) is 11.6 Å². The lowest BCUT2D eigenvalue weighted by Crippen LogP contribution is -1.88. The minimum atomic E-state index is 0.595. The van der Waals surface area contributed by atoms with Gasteiger partial charge in [0.05, 0.1) is 12.8 Å². The lowest BCUT2D eigenvalue weighted by atomic mass is 10.2. The van der Waals surface area contributed by atoms with E-state index in [4.69, 9.17) is 9.15 Å². The SMILES string of the molecule is COc1ccc(-c2nc(CSc3nnc(Nc4ccc(C)cc4)s3)co2)cc1. The van der Waals surface area contributed by atoms with Crippen LogP contribution in [0.2, 0.25) is 0 Å². The fourth-order valence-electron chi connectivity index (χ4n) is 2.45. The topological polar surface area (TPSA) is 73.1 Å². The molecule has 1 N–H and O–H groups in total. The number of thioether (sulfide) groups is 1. The molecular formula is C20H18N4O2S2. The van der Waals surface area contributed by atoms with Gasteiger partial charge >= 0.3 is 0 Å². The number of oxazole rings is 1. The van der Waals surface area contributed by atoms with Gasteiger partial charge in [-0.25, -0.2) is 4.98 Å². The molecule has 0 bridgehead atoms. The molecule has 0 aliphatic carbocycles. The second-order valence-electron chi connectivity index (χ2n) is 6.03. The van der Waals surface area contributed by atoms with E-state index >= 15 is 0 Å². The first kappa shape index (κ1) is 18.5. The molecule has 28 heavy (non-hydrogen) atoms. The molecule has 142 valence electrons. The molecule has 4 rings (SSSR count). The van der Waals surface area contributed by atoms with Crippen molar-refractivity contribution in [1.29, 1.82) is 0 Å². The van der Waals surface area contributed by atoms with E-state index in [1.165, 1.54) is 16.9 Å². The summed E-state index contributed by atoms with van der Waals surface area (Å²) in [5.74, 6) is 2.06. The van der Waals surface area contributed by atoms with Crippen LogP contribution in [0.25, 0.3) is 11.5 Å². The molecule has 6 nitrogen and oxygen atoms in total. The Labute approximate surface area is 171 Å². The van der Waals surface area contributed by atoms with Crippen LogP contribution in [-0.2, 0) is 5.75 Å². The summed E-state index contributed by atoms with van der Waals surface area (Å²) in [5, 5.41) is 12.5. The predicted molar refractivity (Wildman–Crippen MR) is 112 cm³/mol. The van der Waals surface area contributed by atoms with Crippen LogP contribution in [0.3, 0.4) is 0 Å². The van der Waals surface area contributed by atoms with Crippen LogP contribution < -0.4 is 10.1 Å². The first-order valence-corrected chi connectivity index (χ1v) is 10.4. The molecule has 2 aromatic carbocycles. The van der Waals surface area contributed by atoms with Crippen molar-refractivity contribution >= 4 is 33.9 Å². The number of nitrogens with one attached hydrogen (secondary N) is 1. The largest absolute Gasteiger partial charge is 0.497 e. The highest BCUT2D eigenvalue weighted by Crippen LogP contribution is 2.30. The first-order valence-electron chi connectivity index (χ1n) is 8.58. The Morgan fingerprint density at radius 3 is 2.61 bits per heavy atom. The Morgan fingerprint density at radius 1 is 1.07 bits per heavy atom. The third kappa shape index (κ3) is 4.52. The second-order valence-corrected chi connectivity index (χ2v) is 8.23. The van der Waals surface area contributed by atoms with Gasteiger partial charge in [0.15, 0.2) is 4.34 Å². The highest BCUT2D eigenvalue weighted by atomic mass is 32.2. The van der Waals surface area contributed by atoms with Crippen molar-refractivity contribution in [2.45, 2.75) is 17.0 Å². The third-order valence-corrected chi connectivity index (χ3v) is 5.95. The molecule has 0 fully saturated rings. The maximum atomic E-state index is 5.60. The number of rotatable bonds is 7. The average molecular weight is 411 g/mol. The van der Waals surface area contributed by atoms with E-state index in [9.17, 15) is 0 Å². The number of nitrogens with zero attached hydrogens (tertiary/aromatic N) is 3. The van der Waals surface area contributed by atoms with E-state index in [0.717, 1.165) is 32.2 Å². The predicted octanol–water partition coefficient (Wildman–Crippen LogP) is 5.55. The maximum Gasteiger partial charge on any atom is 0.226 e. The van der Waals surface area contributed by atoms with E-state index < -0.39 is 0 Å². The number of hydrogen-bond donors (Lipinski definition) is 1. The number of methoxy groups -OCH3 is 1. The van der Waals surface area contributed by atoms with Crippen molar-refractivity contribution in [1.82, 2.24) is 15.2 Å². The molecule has 2 aromatic heterocycles. The van der Waals surface area contributed by atoms with Crippen molar-refractivity contribution in [3.63, 3.8) is 0 Å². The van der Waals surface area contributed by atoms with Crippen molar-refractivity contribution in [3.05, 3.63) is 66.1 Å². The minimum absolute atomic E-state index is 0.595. The monoisotopic (exact) mass is 410 g/mol. The third-order valence-electron chi connectivity index (χ3n) is 3.94. The quantitative estimate of drug-likeness (QED) is 0.401. The maximum absolute atomic E-state index is 5.60.